The van der Waals surface area contributed by atoms with E-state index in [1.54, 1.807) is 0 Å². The van der Waals surface area contributed by atoms with Crippen molar-refractivity contribution in [1.29, 1.82) is 0 Å². The molecule has 0 aliphatic carbocycles. The third-order valence-electron chi connectivity index (χ3n) is 6.73. The monoisotopic (exact) mass is 441 g/mol. The minimum atomic E-state index is 0.0873. The zero-order valence-corrected chi connectivity index (χ0v) is 19.4. The smallest absolute Gasteiger partial charge is 0.223 e. The molecule has 0 radical (unpaired) electrons. The van der Waals surface area contributed by atoms with E-state index in [1.807, 2.05) is 17.1 Å². The Balaban J connectivity index is 1.12. The quantitative estimate of drug-likeness (QED) is 0.443. The molecule has 0 saturated carbocycles. The Morgan fingerprint density at radius 3 is 2.70 bits per heavy atom. The van der Waals surface area contributed by atoms with Gasteiger partial charge in [0, 0.05) is 54.8 Å². The fourth-order valence-electron chi connectivity index (χ4n) is 4.85. The second kappa shape index (κ2) is 9.22. The van der Waals surface area contributed by atoms with Crippen LogP contribution in [0.3, 0.4) is 0 Å². The van der Waals surface area contributed by atoms with Gasteiger partial charge in [-0.05, 0) is 62.9 Å². The largest absolute Gasteiger partial charge is 0.371 e. The average Bonchev–Trinajstić information content (AvgIpc) is 3.23. The molecule has 4 aromatic rings. The summed E-state index contributed by atoms with van der Waals surface area (Å²) < 4.78 is 2.04. The van der Waals surface area contributed by atoms with Crippen LogP contribution < -0.4 is 10.2 Å². The molecule has 0 atom stereocenters. The van der Waals surface area contributed by atoms with Crippen molar-refractivity contribution in [3.05, 3.63) is 66.0 Å². The summed E-state index contributed by atoms with van der Waals surface area (Å²) in [5.41, 5.74) is 5.89. The van der Waals surface area contributed by atoms with E-state index in [1.165, 1.54) is 22.2 Å². The topological polar surface area (TPSA) is 63.1 Å². The number of nitrogens with one attached hydrogen (secondary N) is 1. The molecular weight excluding hydrogens is 410 g/mol. The molecule has 1 aliphatic heterocycles. The summed E-state index contributed by atoms with van der Waals surface area (Å²) in [7, 11) is 0. The lowest BCUT2D eigenvalue weighted by Crippen LogP contribution is -2.41. The van der Waals surface area contributed by atoms with Crippen LogP contribution in [0.1, 0.15) is 30.4 Å². The van der Waals surface area contributed by atoms with Gasteiger partial charge in [0.05, 0.1) is 17.2 Å². The molecular formula is C27H31N5O. The molecule has 3 heterocycles. The number of hydrogen-bond donors (Lipinski definition) is 1. The van der Waals surface area contributed by atoms with Crippen LogP contribution in [-0.4, -0.2) is 40.3 Å². The second-order valence-electron chi connectivity index (χ2n) is 9.19. The molecule has 2 aromatic carbocycles. The van der Waals surface area contributed by atoms with E-state index in [2.05, 4.69) is 76.6 Å². The number of nitrogens with zero attached hydrogens (tertiary/aromatic N) is 4. The summed E-state index contributed by atoms with van der Waals surface area (Å²) in [4.78, 5) is 19.7. The van der Waals surface area contributed by atoms with Gasteiger partial charge in [0.2, 0.25) is 5.91 Å². The first kappa shape index (κ1) is 21.4. The minimum Gasteiger partial charge on any atom is -0.371 e. The lowest BCUT2D eigenvalue weighted by atomic mass is 9.95. The molecule has 33 heavy (non-hydrogen) atoms. The number of aromatic nitrogens is 3. The highest BCUT2D eigenvalue weighted by molar-refractivity contribution is 5.92. The van der Waals surface area contributed by atoms with E-state index in [0.29, 0.717) is 6.54 Å². The molecule has 1 aliphatic rings. The van der Waals surface area contributed by atoms with Crippen molar-refractivity contribution in [2.24, 2.45) is 5.92 Å². The number of pyridine rings is 1. The van der Waals surface area contributed by atoms with Crippen LogP contribution in [-0.2, 0) is 11.3 Å². The van der Waals surface area contributed by atoms with Gasteiger partial charge in [0.15, 0.2) is 0 Å². The highest BCUT2D eigenvalue weighted by Gasteiger charge is 2.25. The summed E-state index contributed by atoms with van der Waals surface area (Å²) in [6.45, 7) is 7.48. The zero-order valence-electron chi connectivity index (χ0n) is 19.4. The average molecular weight is 442 g/mol. The van der Waals surface area contributed by atoms with E-state index in [-0.39, 0.29) is 11.8 Å². The Labute approximate surface area is 194 Å². The number of aryl methyl sites for hydroxylation is 3. The van der Waals surface area contributed by atoms with E-state index in [4.69, 9.17) is 0 Å². The number of carbonyl (C=O) groups excluding carboxylic acids is 1. The lowest BCUT2D eigenvalue weighted by Gasteiger charge is -2.33. The van der Waals surface area contributed by atoms with Crippen LogP contribution in [0.15, 0.2) is 54.9 Å². The van der Waals surface area contributed by atoms with Crippen molar-refractivity contribution in [3.63, 3.8) is 0 Å². The summed E-state index contributed by atoms with van der Waals surface area (Å²) in [6.07, 6.45) is 6.43. The van der Waals surface area contributed by atoms with Crippen molar-refractivity contribution in [2.45, 2.75) is 39.7 Å². The molecule has 0 bridgehead atoms. The fraction of sp³-hybridized carbons (Fsp3) is 0.370. The summed E-state index contributed by atoms with van der Waals surface area (Å²) in [5.74, 6) is 0.274. The SMILES string of the molecule is Cc1ccc2nccc(N3CCC(C(=O)NCCCn4ncc5ccc(C)cc54)CC3)c2c1. The number of benzene rings is 2. The number of carbonyl (C=O) groups is 1. The predicted octanol–water partition coefficient (Wildman–Crippen LogP) is 4.62. The van der Waals surface area contributed by atoms with E-state index >= 15 is 0 Å². The van der Waals surface area contributed by atoms with Crippen LogP contribution in [0.5, 0.6) is 0 Å². The van der Waals surface area contributed by atoms with Gasteiger partial charge in [-0.1, -0.05) is 23.8 Å². The van der Waals surface area contributed by atoms with Gasteiger partial charge >= 0.3 is 0 Å². The van der Waals surface area contributed by atoms with Crippen molar-refractivity contribution >= 4 is 33.4 Å². The maximum Gasteiger partial charge on any atom is 0.223 e. The summed E-state index contributed by atoms with van der Waals surface area (Å²) >= 11 is 0. The van der Waals surface area contributed by atoms with Gasteiger partial charge < -0.3 is 10.2 Å². The van der Waals surface area contributed by atoms with Gasteiger partial charge in [-0.15, -0.1) is 0 Å². The van der Waals surface area contributed by atoms with Crippen LogP contribution in [0.4, 0.5) is 5.69 Å². The molecule has 5 rings (SSSR count). The number of fused-ring (bicyclic) bond motifs is 2. The highest BCUT2D eigenvalue weighted by atomic mass is 16.1. The molecule has 0 spiro atoms. The predicted molar refractivity (Wildman–Crippen MR) is 134 cm³/mol. The molecule has 170 valence electrons. The Morgan fingerprint density at radius 2 is 1.85 bits per heavy atom. The van der Waals surface area contributed by atoms with Crippen LogP contribution >= 0.6 is 0 Å². The minimum absolute atomic E-state index is 0.0873. The standard InChI is InChI=1S/C27H31N5O/c1-19-5-7-24-23(16-19)25(8-12-28-24)31-14-9-21(10-15-31)27(33)29-11-3-13-32-26-17-20(2)4-6-22(26)18-30-32/h4-8,12,16-18,21H,3,9-11,13-15H2,1-2H3,(H,29,33). The Bertz CT molecular complexity index is 1290. The Hall–Kier alpha value is -3.41. The normalized spacial score (nSPS) is 14.8. The van der Waals surface area contributed by atoms with Crippen molar-refractivity contribution in [3.8, 4) is 0 Å². The van der Waals surface area contributed by atoms with E-state index in [9.17, 15) is 4.79 Å². The van der Waals surface area contributed by atoms with Gasteiger partial charge in [0.1, 0.15) is 0 Å². The summed E-state index contributed by atoms with van der Waals surface area (Å²) in [5, 5.41) is 10.0. The summed E-state index contributed by atoms with van der Waals surface area (Å²) in [6, 6.07) is 14.9. The number of hydrogen-bond acceptors (Lipinski definition) is 4. The first-order valence-corrected chi connectivity index (χ1v) is 11.9. The van der Waals surface area contributed by atoms with E-state index < -0.39 is 0 Å². The van der Waals surface area contributed by atoms with Crippen molar-refractivity contribution in [1.82, 2.24) is 20.1 Å². The van der Waals surface area contributed by atoms with Crippen molar-refractivity contribution < 1.29 is 4.79 Å². The molecule has 1 N–H and O–H groups in total. The lowest BCUT2D eigenvalue weighted by molar-refractivity contribution is -0.125. The maximum absolute atomic E-state index is 12.8. The van der Waals surface area contributed by atoms with Crippen LogP contribution in [0.2, 0.25) is 0 Å². The van der Waals surface area contributed by atoms with Gasteiger partial charge in [0.25, 0.3) is 0 Å². The molecule has 0 unspecified atom stereocenters. The van der Waals surface area contributed by atoms with Gasteiger partial charge in [-0.2, -0.15) is 5.10 Å². The molecule has 6 heteroatoms. The molecule has 6 nitrogen and oxygen atoms in total. The van der Waals surface area contributed by atoms with Crippen LogP contribution in [0, 0.1) is 19.8 Å². The van der Waals surface area contributed by atoms with Crippen LogP contribution in [0.25, 0.3) is 21.8 Å². The van der Waals surface area contributed by atoms with Crippen molar-refractivity contribution in [2.75, 3.05) is 24.5 Å². The molecule has 2 aromatic heterocycles. The number of piperidine rings is 1. The first-order valence-electron chi connectivity index (χ1n) is 11.9. The Morgan fingerprint density at radius 1 is 1.06 bits per heavy atom. The molecule has 1 amide bonds. The number of amides is 1. The third-order valence-corrected chi connectivity index (χ3v) is 6.73. The maximum atomic E-state index is 12.8. The van der Waals surface area contributed by atoms with Gasteiger partial charge in [-0.25, -0.2) is 0 Å². The van der Waals surface area contributed by atoms with Gasteiger partial charge in [-0.3, -0.25) is 14.5 Å². The molecule has 1 saturated heterocycles. The van der Waals surface area contributed by atoms with E-state index in [0.717, 1.165) is 55.3 Å². The number of rotatable bonds is 6. The highest BCUT2D eigenvalue weighted by Crippen LogP contribution is 2.30. The fourth-order valence-corrected chi connectivity index (χ4v) is 4.85. The molecule has 1 fully saturated rings. The second-order valence-corrected chi connectivity index (χ2v) is 9.19. The zero-order chi connectivity index (χ0) is 22.8. The number of anilines is 1. The third kappa shape index (κ3) is 4.56. The first-order chi connectivity index (χ1) is 16.1. The Kier molecular flexibility index (Phi) is 5.99.